The molecule has 3 aliphatic rings. The third-order valence-corrected chi connectivity index (χ3v) is 8.90. The van der Waals surface area contributed by atoms with Crippen LogP contribution >= 0.6 is 0 Å². The summed E-state index contributed by atoms with van der Waals surface area (Å²) in [5, 5.41) is 0. The number of amides is 2. The first-order chi connectivity index (χ1) is 19.1. The molecule has 0 spiro atoms. The molecule has 2 amide bonds. The van der Waals surface area contributed by atoms with Crippen LogP contribution in [-0.2, 0) is 14.1 Å². The molecule has 9 heteroatoms. The fourth-order valence-corrected chi connectivity index (χ4v) is 5.67. The third-order valence-electron chi connectivity index (χ3n) is 8.90. The predicted molar refractivity (Wildman–Crippen MR) is 155 cm³/mol. The highest BCUT2D eigenvalue weighted by atomic mass is 16.7. The molecular weight excluding hydrogens is 505 g/mol. The maximum Gasteiger partial charge on any atom is 0.494 e. The molecule has 0 bridgehead atoms. The van der Waals surface area contributed by atoms with Crippen molar-refractivity contribution in [2.24, 2.45) is 0 Å². The van der Waals surface area contributed by atoms with Crippen LogP contribution in [0.25, 0.3) is 11.1 Å². The van der Waals surface area contributed by atoms with Crippen LogP contribution in [0.4, 0.5) is 5.69 Å². The van der Waals surface area contributed by atoms with Gasteiger partial charge in [0.2, 0.25) is 5.91 Å². The molecule has 0 aliphatic carbocycles. The number of carbonyl (C=O) groups is 2. The SMILES string of the molecule is CC1(C)OB(c2ccc(-c3ccc(N4C[C@H](N5CCN(C(=O)c6ccco6)CC5)CC4=O)cc3)cc2)OC1(C)C. The minimum atomic E-state index is -0.380. The van der Waals surface area contributed by atoms with E-state index in [1.807, 2.05) is 21.9 Å². The van der Waals surface area contributed by atoms with Crippen molar-refractivity contribution < 1.29 is 23.3 Å². The van der Waals surface area contributed by atoms with Crippen molar-refractivity contribution >= 4 is 30.1 Å². The molecule has 1 atom stereocenters. The molecule has 1 aromatic heterocycles. The predicted octanol–water partition coefficient (Wildman–Crippen LogP) is 3.81. The molecule has 2 aromatic carbocycles. The molecule has 3 fully saturated rings. The minimum Gasteiger partial charge on any atom is -0.459 e. The normalized spacial score (nSPS) is 22.8. The maximum absolute atomic E-state index is 13.0. The summed E-state index contributed by atoms with van der Waals surface area (Å²) in [6.07, 6.45) is 2.02. The maximum atomic E-state index is 13.0. The lowest BCUT2D eigenvalue weighted by molar-refractivity contribution is -0.117. The molecule has 40 heavy (non-hydrogen) atoms. The minimum absolute atomic E-state index is 0.0726. The average molecular weight is 541 g/mol. The van der Waals surface area contributed by atoms with E-state index in [4.69, 9.17) is 13.7 Å². The van der Waals surface area contributed by atoms with Gasteiger partial charge in [0.25, 0.3) is 5.91 Å². The Kier molecular flexibility index (Phi) is 6.85. The van der Waals surface area contributed by atoms with Gasteiger partial charge < -0.3 is 23.5 Å². The van der Waals surface area contributed by atoms with E-state index in [2.05, 4.69) is 69.0 Å². The van der Waals surface area contributed by atoms with Crippen LogP contribution in [0.5, 0.6) is 0 Å². The highest BCUT2D eigenvalue weighted by molar-refractivity contribution is 6.62. The van der Waals surface area contributed by atoms with E-state index in [1.54, 1.807) is 12.1 Å². The van der Waals surface area contributed by atoms with Crippen molar-refractivity contribution in [3.05, 3.63) is 72.7 Å². The quantitative estimate of drug-likeness (QED) is 0.458. The van der Waals surface area contributed by atoms with Crippen molar-refractivity contribution in [1.29, 1.82) is 0 Å². The standard InChI is InChI=1S/C31H36BN3O5/c1-30(2)31(3,4)40-32(39-30)24-11-7-22(8-12-24)23-9-13-25(14-10-23)35-21-26(20-28(35)36)33-15-17-34(18-16-33)29(37)27-6-5-19-38-27/h5-14,19,26H,15-18,20-21H2,1-4H3/t26-/m1/s1. The van der Waals surface area contributed by atoms with Gasteiger partial charge in [-0.3, -0.25) is 14.5 Å². The molecule has 8 nitrogen and oxygen atoms in total. The molecule has 208 valence electrons. The molecular formula is C31H36BN3O5. The van der Waals surface area contributed by atoms with Gasteiger partial charge in [-0.15, -0.1) is 0 Å². The molecule has 3 aliphatic heterocycles. The number of benzene rings is 2. The lowest BCUT2D eigenvalue weighted by Crippen LogP contribution is -2.52. The number of rotatable bonds is 5. The van der Waals surface area contributed by atoms with E-state index >= 15 is 0 Å². The molecule has 0 N–H and O–H groups in total. The Hall–Kier alpha value is -3.40. The van der Waals surface area contributed by atoms with Gasteiger partial charge in [0, 0.05) is 50.9 Å². The number of nitrogens with zero attached hydrogens (tertiary/aromatic N) is 3. The van der Waals surface area contributed by atoms with Gasteiger partial charge >= 0.3 is 7.12 Å². The highest BCUT2D eigenvalue weighted by Crippen LogP contribution is 2.36. The lowest BCUT2D eigenvalue weighted by atomic mass is 9.78. The number of carbonyl (C=O) groups excluding carboxylic acids is 2. The smallest absolute Gasteiger partial charge is 0.459 e. The second kappa shape index (κ2) is 10.2. The Morgan fingerprint density at radius 2 is 1.45 bits per heavy atom. The molecule has 4 heterocycles. The van der Waals surface area contributed by atoms with E-state index in [9.17, 15) is 9.59 Å². The van der Waals surface area contributed by atoms with Gasteiger partial charge in [-0.05, 0) is 68.6 Å². The van der Waals surface area contributed by atoms with Crippen LogP contribution in [0, 0.1) is 0 Å². The second-order valence-corrected chi connectivity index (χ2v) is 11.9. The molecule has 3 saturated heterocycles. The Labute approximate surface area is 236 Å². The number of piperazine rings is 1. The zero-order chi connectivity index (χ0) is 28.1. The van der Waals surface area contributed by atoms with Crippen LogP contribution in [0.3, 0.4) is 0 Å². The van der Waals surface area contributed by atoms with E-state index in [0.717, 1.165) is 35.4 Å². The fraction of sp³-hybridized carbons (Fsp3) is 0.419. The van der Waals surface area contributed by atoms with Crippen LogP contribution in [0.2, 0.25) is 0 Å². The average Bonchev–Trinajstić information content (AvgIpc) is 3.67. The lowest BCUT2D eigenvalue weighted by Gasteiger charge is -2.37. The van der Waals surface area contributed by atoms with Crippen LogP contribution < -0.4 is 10.4 Å². The number of hydrogen-bond donors (Lipinski definition) is 0. The molecule has 6 rings (SSSR count). The van der Waals surface area contributed by atoms with E-state index in [-0.39, 0.29) is 36.2 Å². The zero-order valence-corrected chi connectivity index (χ0v) is 23.6. The summed E-state index contributed by atoms with van der Waals surface area (Å²) in [5.74, 6) is 0.440. The molecule has 0 saturated carbocycles. The van der Waals surface area contributed by atoms with Crippen molar-refractivity contribution in [2.45, 2.75) is 51.4 Å². The van der Waals surface area contributed by atoms with Gasteiger partial charge in [-0.1, -0.05) is 36.4 Å². The van der Waals surface area contributed by atoms with E-state index < -0.39 is 0 Å². The van der Waals surface area contributed by atoms with Crippen LogP contribution in [-0.4, -0.2) is 78.7 Å². The summed E-state index contributed by atoms with van der Waals surface area (Å²) in [7, 11) is -0.380. The van der Waals surface area contributed by atoms with E-state index in [0.29, 0.717) is 31.8 Å². The van der Waals surface area contributed by atoms with E-state index in [1.165, 1.54) is 6.26 Å². The Balaban J connectivity index is 1.06. The topological polar surface area (TPSA) is 75.5 Å². The highest BCUT2D eigenvalue weighted by Gasteiger charge is 2.51. The fourth-order valence-electron chi connectivity index (χ4n) is 5.67. The Morgan fingerprint density at radius 1 is 0.850 bits per heavy atom. The zero-order valence-electron chi connectivity index (χ0n) is 23.6. The monoisotopic (exact) mass is 541 g/mol. The first-order valence-electron chi connectivity index (χ1n) is 14.0. The van der Waals surface area contributed by atoms with Crippen molar-refractivity contribution in [3.63, 3.8) is 0 Å². The van der Waals surface area contributed by atoms with Crippen molar-refractivity contribution in [2.75, 3.05) is 37.6 Å². The Morgan fingerprint density at radius 3 is 2.02 bits per heavy atom. The van der Waals surface area contributed by atoms with Crippen LogP contribution in [0.1, 0.15) is 44.7 Å². The number of furan rings is 1. The van der Waals surface area contributed by atoms with Gasteiger partial charge in [-0.25, -0.2) is 0 Å². The largest absolute Gasteiger partial charge is 0.494 e. The van der Waals surface area contributed by atoms with Crippen molar-refractivity contribution in [1.82, 2.24) is 9.80 Å². The van der Waals surface area contributed by atoms with Gasteiger partial charge in [-0.2, -0.15) is 0 Å². The number of hydrogen-bond acceptors (Lipinski definition) is 6. The first kappa shape index (κ1) is 26.8. The van der Waals surface area contributed by atoms with Gasteiger partial charge in [0.05, 0.1) is 17.5 Å². The van der Waals surface area contributed by atoms with Gasteiger partial charge in [0.15, 0.2) is 5.76 Å². The summed E-state index contributed by atoms with van der Waals surface area (Å²) >= 11 is 0. The summed E-state index contributed by atoms with van der Waals surface area (Å²) in [6.45, 7) is 11.7. The summed E-state index contributed by atoms with van der Waals surface area (Å²) < 4.78 is 17.6. The second-order valence-electron chi connectivity index (χ2n) is 11.9. The molecule has 0 unspecified atom stereocenters. The number of anilines is 1. The Bertz CT molecular complexity index is 1350. The van der Waals surface area contributed by atoms with Crippen molar-refractivity contribution in [3.8, 4) is 11.1 Å². The van der Waals surface area contributed by atoms with Gasteiger partial charge in [0.1, 0.15) is 0 Å². The molecule has 0 radical (unpaired) electrons. The summed E-state index contributed by atoms with van der Waals surface area (Å²) in [5.41, 5.74) is 3.36. The summed E-state index contributed by atoms with van der Waals surface area (Å²) in [6, 6.07) is 20.1. The van der Waals surface area contributed by atoms with Crippen LogP contribution in [0.15, 0.2) is 71.3 Å². The molecule has 3 aromatic rings. The third kappa shape index (κ3) is 4.98. The first-order valence-corrected chi connectivity index (χ1v) is 14.0. The summed E-state index contributed by atoms with van der Waals surface area (Å²) in [4.78, 5) is 31.6.